The molecule has 2 aromatic carbocycles. The summed E-state index contributed by atoms with van der Waals surface area (Å²) in [5, 5.41) is 0.579. The summed E-state index contributed by atoms with van der Waals surface area (Å²) in [5.74, 6) is -0.588. The second-order valence-corrected chi connectivity index (χ2v) is 10.9. The van der Waals surface area contributed by atoms with Crippen molar-refractivity contribution < 1.29 is 27.0 Å². The number of pyridine rings is 1. The number of rotatable bonds is 5. The molecule has 1 aliphatic carbocycles. The molecule has 1 aliphatic heterocycles. The van der Waals surface area contributed by atoms with Crippen LogP contribution in [0.2, 0.25) is 0 Å². The number of hydrogen-bond donors (Lipinski definition) is 0. The highest BCUT2D eigenvalue weighted by atomic mass is 32.2. The molecule has 9 heteroatoms. The van der Waals surface area contributed by atoms with Crippen molar-refractivity contribution in [1.82, 2.24) is 8.96 Å². The molecule has 0 saturated carbocycles. The number of ether oxygens (including phenoxy) is 3. The Morgan fingerprint density at radius 2 is 1.81 bits per heavy atom. The minimum absolute atomic E-state index is 0.152. The Labute approximate surface area is 214 Å². The maximum absolute atomic E-state index is 14.3. The van der Waals surface area contributed by atoms with Crippen molar-refractivity contribution in [2.75, 3.05) is 20.3 Å². The normalized spacial score (nSPS) is 17.3. The first kappa shape index (κ1) is 23.8. The highest BCUT2D eigenvalue weighted by Crippen LogP contribution is 2.42. The minimum atomic E-state index is -4.01. The van der Waals surface area contributed by atoms with Crippen LogP contribution >= 0.6 is 0 Å². The van der Waals surface area contributed by atoms with Gasteiger partial charge in [-0.3, -0.25) is 0 Å². The molecule has 1 spiro atoms. The molecule has 2 aromatic heterocycles. The van der Waals surface area contributed by atoms with E-state index in [1.54, 1.807) is 42.5 Å². The smallest absolute Gasteiger partial charge is 0.269 e. The Balaban J connectivity index is 1.60. The standard InChI is InChI=1S/C28H25FN2O5S/c1-34-26-8-7-20(29)17-23(26)22-11-14-30-27-24(22)18-25(19-9-12-28(13-10-19)35-15-16-36-28)31(27)37(32,33)21-5-3-2-4-6-21/h2-9,11,14,17-18H,10,12-13,15-16H2,1H3. The Morgan fingerprint density at radius 1 is 1.03 bits per heavy atom. The van der Waals surface area contributed by atoms with E-state index in [9.17, 15) is 12.8 Å². The molecule has 1 fully saturated rings. The Kier molecular flexibility index (Phi) is 5.86. The van der Waals surface area contributed by atoms with Gasteiger partial charge in [0, 0.05) is 30.0 Å². The number of fused-ring (bicyclic) bond motifs is 1. The fourth-order valence-corrected chi connectivity index (χ4v) is 6.68. The lowest BCUT2D eigenvalue weighted by Crippen LogP contribution is -2.31. The predicted octanol–water partition coefficient (Wildman–Crippen LogP) is 5.40. The van der Waals surface area contributed by atoms with Crippen LogP contribution in [-0.2, 0) is 19.5 Å². The van der Waals surface area contributed by atoms with Gasteiger partial charge in [0.25, 0.3) is 10.0 Å². The first-order chi connectivity index (χ1) is 17.9. The molecule has 2 aliphatic rings. The minimum Gasteiger partial charge on any atom is -0.496 e. The summed E-state index contributed by atoms with van der Waals surface area (Å²) in [6.07, 6.45) is 5.23. The first-order valence-corrected chi connectivity index (χ1v) is 13.5. The molecule has 0 bridgehead atoms. The molecule has 0 N–H and O–H groups in total. The molecule has 3 heterocycles. The lowest BCUT2D eigenvalue weighted by molar-refractivity contribution is -0.159. The zero-order valence-electron chi connectivity index (χ0n) is 20.2. The summed E-state index contributed by atoms with van der Waals surface area (Å²) in [6, 6.07) is 16.1. The average Bonchev–Trinajstić information content (AvgIpc) is 3.55. The quantitative estimate of drug-likeness (QED) is 0.351. The van der Waals surface area contributed by atoms with Gasteiger partial charge in [0.1, 0.15) is 11.6 Å². The average molecular weight is 521 g/mol. The van der Waals surface area contributed by atoms with Gasteiger partial charge >= 0.3 is 0 Å². The molecule has 7 nitrogen and oxygen atoms in total. The number of hydrogen-bond acceptors (Lipinski definition) is 6. The van der Waals surface area contributed by atoms with E-state index in [1.165, 1.54) is 29.4 Å². The molecule has 0 radical (unpaired) electrons. The predicted molar refractivity (Wildman–Crippen MR) is 137 cm³/mol. The molecule has 0 amide bonds. The number of nitrogens with zero attached hydrogens (tertiary/aromatic N) is 2. The van der Waals surface area contributed by atoms with Crippen LogP contribution < -0.4 is 4.74 Å². The van der Waals surface area contributed by atoms with Crippen LogP contribution in [0.5, 0.6) is 5.75 Å². The van der Waals surface area contributed by atoms with Crippen molar-refractivity contribution >= 4 is 26.6 Å². The van der Waals surface area contributed by atoms with Crippen molar-refractivity contribution in [2.24, 2.45) is 0 Å². The van der Waals surface area contributed by atoms with Gasteiger partial charge in [-0.25, -0.2) is 21.8 Å². The summed E-state index contributed by atoms with van der Waals surface area (Å²) in [6.45, 7) is 1.10. The van der Waals surface area contributed by atoms with Gasteiger partial charge in [-0.05, 0) is 60.0 Å². The van der Waals surface area contributed by atoms with Crippen molar-refractivity contribution in [2.45, 2.75) is 29.9 Å². The van der Waals surface area contributed by atoms with Gasteiger partial charge < -0.3 is 14.2 Å². The highest BCUT2D eigenvalue weighted by molar-refractivity contribution is 7.90. The molecule has 4 aromatic rings. The van der Waals surface area contributed by atoms with Crippen LogP contribution in [0.1, 0.15) is 25.0 Å². The van der Waals surface area contributed by atoms with E-state index in [4.69, 9.17) is 14.2 Å². The molecule has 0 atom stereocenters. The van der Waals surface area contributed by atoms with E-state index < -0.39 is 21.6 Å². The second kappa shape index (κ2) is 9.09. The molecule has 1 saturated heterocycles. The van der Waals surface area contributed by atoms with E-state index in [1.807, 2.05) is 12.1 Å². The van der Waals surface area contributed by atoms with Gasteiger partial charge in [-0.1, -0.05) is 24.3 Å². The number of benzene rings is 2. The maximum atomic E-state index is 14.3. The second-order valence-electron chi connectivity index (χ2n) is 9.09. The maximum Gasteiger partial charge on any atom is 0.269 e. The zero-order chi connectivity index (χ0) is 25.6. The van der Waals surface area contributed by atoms with E-state index in [-0.39, 0.29) is 10.5 Å². The van der Waals surface area contributed by atoms with E-state index in [0.717, 1.165) is 5.57 Å². The summed E-state index contributed by atoms with van der Waals surface area (Å²) < 4.78 is 60.8. The molecular weight excluding hydrogens is 495 g/mol. The molecule has 190 valence electrons. The van der Waals surface area contributed by atoms with Crippen LogP contribution in [0, 0.1) is 5.82 Å². The zero-order valence-corrected chi connectivity index (χ0v) is 21.0. The number of halogens is 1. The van der Waals surface area contributed by atoms with Gasteiger partial charge in [-0.2, -0.15) is 0 Å². The number of aromatic nitrogens is 2. The molecular formula is C28H25FN2O5S. The van der Waals surface area contributed by atoms with Crippen molar-refractivity contribution in [1.29, 1.82) is 0 Å². The Morgan fingerprint density at radius 3 is 2.51 bits per heavy atom. The third-order valence-corrected chi connectivity index (χ3v) is 8.69. The van der Waals surface area contributed by atoms with Crippen LogP contribution in [0.15, 0.2) is 77.8 Å². The third kappa shape index (κ3) is 4.03. The van der Waals surface area contributed by atoms with E-state index >= 15 is 0 Å². The van der Waals surface area contributed by atoms with E-state index in [0.29, 0.717) is 60.4 Å². The van der Waals surface area contributed by atoms with Crippen LogP contribution in [-0.4, -0.2) is 43.5 Å². The summed E-state index contributed by atoms with van der Waals surface area (Å²) >= 11 is 0. The SMILES string of the molecule is COc1ccc(F)cc1-c1ccnc2c1cc(C1=CCC3(CC1)OCCO3)n2S(=O)(=O)c1ccccc1. The molecule has 0 unspecified atom stereocenters. The van der Waals surface area contributed by atoms with E-state index in [2.05, 4.69) is 4.98 Å². The lowest BCUT2D eigenvalue weighted by Gasteiger charge is -2.30. The monoisotopic (exact) mass is 520 g/mol. The first-order valence-electron chi connectivity index (χ1n) is 12.0. The van der Waals surface area contributed by atoms with Gasteiger partial charge in [0.05, 0.1) is 30.9 Å². The van der Waals surface area contributed by atoms with Crippen LogP contribution in [0.3, 0.4) is 0 Å². The van der Waals surface area contributed by atoms with Gasteiger partial charge in [-0.15, -0.1) is 0 Å². The fraction of sp³-hybridized carbons (Fsp3) is 0.250. The Bertz CT molecular complexity index is 1620. The lowest BCUT2D eigenvalue weighted by atomic mass is 9.92. The van der Waals surface area contributed by atoms with Crippen molar-refractivity contribution in [3.63, 3.8) is 0 Å². The van der Waals surface area contributed by atoms with Gasteiger partial charge in [0.2, 0.25) is 0 Å². The highest BCUT2D eigenvalue weighted by Gasteiger charge is 2.39. The summed E-state index contributed by atoms with van der Waals surface area (Å²) in [4.78, 5) is 4.65. The third-order valence-electron chi connectivity index (χ3n) is 6.97. The topological polar surface area (TPSA) is 79.7 Å². The van der Waals surface area contributed by atoms with Crippen molar-refractivity contribution in [3.8, 4) is 16.9 Å². The Hall–Kier alpha value is -3.53. The molecule has 6 rings (SSSR count). The fourth-order valence-electron chi connectivity index (χ4n) is 5.17. The van der Waals surface area contributed by atoms with Gasteiger partial charge in [0.15, 0.2) is 11.4 Å². The summed E-state index contributed by atoms with van der Waals surface area (Å²) in [5.41, 5.74) is 2.78. The largest absolute Gasteiger partial charge is 0.496 e. The van der Waals surface area contributed by atoms with Crippen molar-refractivity contribution in [3.05, 3.63) is 84.4 Å². The summed E-state index contributed by atoms with van der Waals surface area (Å²) in [7, 11) is -2.49. The number of allylic oxidation sites excluding steroid dienone is 1. The molecule has 37 heavy (non-hydrogen) atoms. The van der Waals surface area contributed by atoms with Crippen LogP contribution in [0.4, 0.5) is 4.39 Å². The van der Waals surface area contributed by atoms with Crippen LogP contribution in [0.25, 0.3) is 27.7 Å². The number of methoxy groups -OCH3 is 1.